The Bertz CT molecular complexity index is 1090. The Kier molecular flexibility index (Phi) is 5.44. The number of carbonyl (C=O) groups excluding carboxylic acids is 2. The topological polar surface area (TPSA) is 88.8 Å². The van der Waals surface area contributed by atoms with Crippen molar-refractivity contribution >= 4 is 28.5 Å². The van der Waals surface area contributed by atoms with Crippen molar-refractivity contribution in [2.45, 2.75) is 6.92 Å². The number of nitrogens with zero attached hydrogens (tertiary/aromatic N) is 2. The Hall–Kier alpha value is -3.61. The molecule has 0 fully saturated rings. The van der Waals surface area contributed by atoms with Crippen molar-refractivity contribution in [3.63, 3.8) is 0 Å². The largest absolute Gasteiger partial charge is 0.506 e. The number of anilines is 1. The molecule has 1 aromatic heterocycles. The van der Waals surface area contributed by atoms with Crippen LogP contribution < -0.4 is 10.5 Å². The van der Waals surface area contributed by atoms with Gasteiger partial charge in [-0.1, -0.05) is 30.3 Å². The van der Waals surface area contributed by atoms with Crippen molar-refractivity contribution in [2.75, 3.05) is 18.1 Å². The van der Waals surface area contributed by atoms with Crippen LogP contribution in [0.3, 0.4) is 0 Å². The number of aryl methyl sites for hydroxylation is 1. The number of esters is 1. The molecule has 0 aliphatic heterocycles. The standard InChI is InChI=1S/C21H20N2O5/c1-14(24)28-13-12-23(15-8-4-3-5-9-15)21(27)18-19(25)16-10-6-7-11-17(16)22(2)20(18)26/h3-11,25H,12-13H2,1-2H3. The fourth-order valence-electron chi connectivity index (χ4n) is 3.04. The Morgan fingerprint density at radius 3 is 2.39 bits per heavy atom. The molecule has 1 heterocycles. The molecule has 0 bridgehead atoms. The van der Waals surface area contributed by atoms with Crippen LogP contribution in [0.25, 0.3) is 10.9 Å². The molecule has 0 saturated carbocycles. The zero-order chi connectivity index (χ0) is 20.3. The molecule has 0 unspecified atom stereocenters. The van der Waals surface area contributed by atoms with Crippen LogP contribution in [0, 0.1) is 0 Å². The first kappa shape index (κ1) is 19.2. The molecule has 0 radical (unpaired) electrons. The van der Waals surface area contributed by atoms with E-state index in [1.54, 1.807) is 61.6 Å². The number of pyridine rings is 1. The van der Waals surface area contributed by atoms with E-state index in [1.165, 1.54) is 16.4 Å². The van der Waals surface area contributed by atoms with Crippen LogP contribution in [0.5, 0.6) is 5.75 Å². The Morgan fingerprint density at radius 1 is 1.07 bits per heavy atom. The maximum Gasteiger partial charge on any atom is 0.302 e. The average molecular weight is 380 g/mol. The summed E-state index contributed by atoms with van der Waals surface area (Å²) < 4.78 is 6.29. The summed E-state index contributed by atoms with van der Waals surface area (Å²) in [6.45, 7) is 1.28. The molecule has 144 valence electrons. The summed E-state index contributed by atoms with van der Waals surface area (Å²) in [6.07, 6.45) is 0. The van der Waals surface area contributed by atoms with Crippen molar-refractivity contribution in [1.82, 2.24) is 4.57 Å². The molecule has 1 N–H and O–H groups in total. The minimum atomic E-state index is -0.665. The lowest BCUT2D eigenvalue weighted by Crippen LogP contribution is -2.38. The number of hydrogen-bond donors (Lipinski definition) is 1. The van der Waals surface area contributed by atoms with Gasteiger partial charge in [0.25, 0.3) is 11.5 Å². The molecule has 0 saturated heterocycles. The summed E-state index contributed by atoms with van der Waals surface area (Å²) in [5.41, 5.74) is 0.115. The van der Waals surface area contributed by atoms with E-state index in [9.17, 15) is 19.5 Å². The molecule has 3 rings (SSSR count). The van der Waals surface area contributed by atoms with Crippen molar-refractivity contribution in [2.24, 2.45) is 7.05 Å². The van der Waals surface area contributed by atoms with Crippen LogP contribution in [0.4, 0.5) is 5.69 Å². The van der Waals surface area contributed by atoms with Gasteiger partial charge < -0.3 is 19.3 Å². The second-order valence-electron chi connectivity index (χ2n) is 6.24. The van der Waals surface area contributed by atoms with Gasteiger partial charge in [-0.05, 0) is 24.3 Å². The van der Waals surface area contributed by atoms with Crippen molar-refractivity contribution in [3.05, 3.63) is 70.5 Å². The lowest BCUT2D eigenvalue weighted by Gasteiger charge is -2.23. The van der Waals surface area contributed by atoms with Crippen LogP contribution in [0.1, 0.15) is 17.3 Å². The zero-order valence-electron chi connectivity index (χ0n) is 15.6. The highest BCUT2D eigenvalue weighted by atomic mass is 16.5. The highest BCUT2D eigenvalue weighted by Crippen LogP contribution is 2.27. The van der Waals surface area contributed by atoms with Crippen LogP contribution in [0.15, 0.2) is 59.4 Å². The molecule has 1 amide bonds. The van der Waals surface area contributed by atoms with Gasteiger partial charge in [0.1, 0.15) is 17.9 Å². The summed E-state index contributed by atoms with van der Waals surface area (Å²) in [5, 5.41) is 11.1. The van der Waals surface area contributed by atoms with Gasteiger partial charge in [-0.2, -0.15) is 0 Å². The van der Waals surface area contributed by atoms with E-state index < -0.39 is 17.4 Å². The second kappa shape index (κ2) is 7.96. The number of benzene rings is 2. The van der Waals surface area contributed by atoms with Crippen LogP contribution in [0.2, 0.25) is 0 Å². The van der Waals surface area contributed by atoms with E-state index in [1.807, 2.05) is 0 Å². The van der Waals surface area contributed by atoms with Gasteiger partial charge in [0.15, 0.2) is 0 Å². The average Bonchev–Trinajstić information content (AvgIpc) is 2.70. The van der Waals surface area contributed by atoms with E-state index >= 15 is 0 Å². The third-order valence-electron chi connectivity index (χ3n) is 4.42. The number of fused-ring (bicyclic) bond motifs is 1. The summed E-state index contributed by atoms with van der Waals surface area (Å²) in [4.78, 5) is 38.5. The zero-order valence-corrected chi connectivity index (χ0v) is 15.6. The Labute approximate surface area is 161 Å². The van der Waals surface area contributed by atoms with Gasteiger partial charge in [-0.15, -0.1) is 0 Å². The predicted octanol–water partition coefficient (Wildman–Crippen LogP) is 2.45. The summed E-state index contributed by atoms with van der Waals surface area (Å²) in [7, 11) is 1.55. The molecule has 28 heavy (non-hydrogen) atoms. The Balaban J connectivity index is 2.10. The molecule has 0 spiro atoms. The van der Waals surface area contributed by atoms with Crippen LogP contribution in [-0.4, -0.2) is 34.7 Å². The van der Waals surface area contributed by atoms with E-state index in [0.717, 1.165) is 0 Å². The number of amides is 1. The predicted molar refractivity (Wildman–Crippen MR) is 106 cm³/mol. The molecular formula is C21H20N2O5. The number of rotatable bonds is 5. The number of carbonyl (C=O) groups is 2. The molecular weight excluding hydrogens is 360 g/mol. The second-order valence-corrected chi connectivity index (χ2v) is 6.24. The fourth-order valence-corrected chi connectivity index (χ4v) is 3.04. The van der Waals surface area contributed by atoms with Gasteiger partial charge in [0.2, 0.25) is 0 Å². The highest BCUT2D eigenvalue weighted by Gasteiger charge is 2.26. The molecule has 0 aliphatic rings. The first-order chi connectivity index (χ1) is 13.4. The maximum absolute atomic E-state index is 13.3. The minimum absolute atomic E-state index is 0.0371. The molecule has 7 heteroatoms. The molecule has 2 aromatic carbocycles. The minimum Gasteiger partial charge on any atom is -0.506 e. The van der Waals surface area contributed by atoms with Gasteiger partial charge >= 0.3 is 5.97 Å². The fraction of sp³-hybridized carbons (Fsp3) is 0.190. The number of aromatic hydroxyl groups is 1. The number of para-hydroxylation sites is 2. The third kappa shape index (κ3) is 3.59. The van der Waals surface area contributed by atoms with E-state index in [4.69, 9.17) is 4.74 Å². The lowest BCUT2D eigenvalue weighted by atomic mass is 10.1. The van der Waals surface area contributed by atoms with Gasteiger partial charge in [-0.3, -0.25) is 14.4 Å². The molecule has 3 aromatic rings. The molecule has 0 aliphatic carbocycles. The number of ether oxygens (including phenoxy) is 1. The van der Waals surface area contributed by atoms with E-state index in [0.29, 0.717) is 16.6 Å². The number of hydrogen-bond acceptors (Lipinski definition) is 5. The summed E-state index contributed by atoms with van der Waals surface area (Å²) >= 11 is 0. The first-order valence-electron chi connectivity index (χ1n) is 8.72. The third-order valence-corrected chi connectivity index (χ3v) is 4.42. The molecule has 0 atom stereocenters. The number of aromatic nitrogens is 1. The summed E-state index contributed by atoms with van der Waals surface area (Å²) in [6, 6.07) is 15.5. The first-order valence-corrected chi connectivity index (χ1v) is 8.72. The van der Waals surface area contributed by atoms with Gasteiger partial charge in [0.05, 0.1) is 12.1 Å². The van der Waals surface area contributed by atoms with Crippen molar-refractivity contribution in [3.8, 4) is 5.75 Å². The van der Waals surface area contributed by atoms with Crippen LogP contribution >= 0.6 is 0 Å². The quantitative estimate of drug-likeness (QED) is 0.687. The maximum atomic E-state index is 13.3. The van der Waals surface area contributed by atoms with Gasteiger partial charge in [0, 0.05) is 25.0 Å². The smallest absolute Gasteiger partial charge is 0.302 e. The summed E-state index contributed by atoms with van der Waals surface area (Å²) in [5.74, 6) is -1.50. The lowest BCUT2D eigenvalue weighted by molar-refractivity contribution is -0.140. The SMILES string of the molecule is CC(=O)OCCN(C(=O)c1c(O)c2ccccc2n(C)c1=O)c1ccccc1. The van der Waals surface area contributed by atoms with E-state index in [2.05, 4.69) is 0 Å². The van der Waals surface area contributed by atoms with E-state index in [-0.39, 0.29) is 24.5 Å². The van der Waals surface area contributed by atoms with Crippen molar-refractivity contribution in [1.29, 1.82) is 0 Å². The highest BCUT2D eigenvalue weighted by molar-refractivity contribution is 6.10. The van der Waals surface area contributed by atoms with Crippen LogP contribution in [-0.2, 0) is 16.6 Å². The normalized spacial score (nSPS) is 10.6. The molecule has 7 nitrogen and oxygen atoms in total. The van der Waals surface area contributed by atoms with Crippen molar-refractivity contribution < 1.29 is 19.4 Å². The Morgan fingerprint density at radius 2 is 1.71 bits per heavy atom. The van der Waals surface area contributed by atoms with Gasteiger partial charge in [-0.25, -0.2) is 0 Å². The monoisotopic (exact) mass is 380 g/mol.